The van der Waals surface area contributed by atoms with Crippen LogP contribution in [0.15, 0.2) is 48.8 Å². The summed E-state index contributed by atoms with van der Waals surface area (Å²) >= 11 is 0. The second-order valence-corrected chi connectivity index (χ2v) is 6.64. The maximum absolute atomic E-state index is 11.9. The highest BCUT2D eigenvalue weighted by atomic mass is 16.7. The van der Waals surface area contributed by atoms with Crippen molar-refractivity contribution >= 4 is 5.91 Å². The van der Waals surface area contributed by atoms with Gasteiger partial charge in [-0.25, -0.2) is 0 Å². The lowest BCUT2D eigenvalue weighted by atomic mass is 9.93. The molecule has 2 unspecified atom stereocenters. The van der Waals surface area contributed by atoms with Gasteiger partial charge in [0.1, 0.15) is 0 Å². The van der Waals surface area contributed by atoms with E-state index in [4.69, 9.17) is 4.84 Å². The number of benzene rings is 1. The molecule has 2 atom stereocenters. The largest absolute Gasteiger partial charge is 0.393 e. The van der Waals surface area contributed by atoms with Gasteiger partial charge in [-0.3, -0.25) is 9.78 Å². The van der Waals surface area contributed by atoms with Crippen LogP contribution in [0.4, 0.5) is 0 Å². The van der Waals surface area contributed by atoms with Crippen LogP contribution in [0, 0.1) is 0 Å². The molecule has 3 rings (SSSR count). The van der Waals surface area contributed by atoms with Gasteiger partial charge >= 0.3 is 0 Å². The van der Waals surface area contributed by atoms with Gasteiger partial charge in [0, 0.05) is 18.4 Å². The molecule has 6 heteroatoms. The van der Waals surface area contributed by atoms with Gasteiger partial charge in [0.25, 0.3) is 5.91 Å². The van der Waals surface area contributed by atoms with Gasteiger partial charge in [0.15, 0.2) is 5.75 Å². The summed E-state index contributed by atoms with van der Waals surface area (Å²) in [5.41, 5.74) is 4.05. The highest BCUT2D eigenvalue weighted by Gasteiger charge is 2.19. The minimum Gasteiger partial charge on any atom is -0.393 e. The van der Waals surface area contributed by atoms with E-state index in [0.29, 0.717) is 17.4 Å². The van der Waals surface area contributed by atoms with Gasteiger partial charge in [-0.1, -0.05) is 12.1 Å². The molecule has 0 saturated heterocycles. The minimum atomic E-state index is -0.332. The fourth-order valence-corrected chi connectivity index (χ4v) is 3.16. The third kappa shape index (κ3) is 5.54. The lowest BCUT2D eigenvalue weighted by molar-refractivity contribution is 0.0759. The third-order valence-electron chi connectivity index (χ3n) is 4.60. The number of hydroxylamine groups is 1. The van der Waals surface area contributed by atoms with E-state index in [0.717, 1.165) is 38.6 Å². The van der Waals surface area contributed by atoms with E-state index in [-0.39, 0.29) is 12.0 Å². The number of nitrogens with one attached hydrogen (secondary N) is 2. The van der Waals surface area contributed by atoms with Crippen LogP contribution in [-0.4, -0.2) is 34.7 Å². The smallest absolute Gasteiger partial charge is 0.285 e. The minimum absolute atomic E-state index is 0.153. The maximum Gasteiger partial charge on any atom is 0.285 e. The van der Waals surface area contributed by atoms with E-state index < -0.39 is 0 Å². The van der Waals surface area contributed by atoms with Gasteiger partial charge in [-0.2, -0.15) is 5.48 Å². The van der Waals surface area contributed by atoms with Crippen molar-refractivity contribution in [3.63, 3.8) is 0 Å². The van der Waals surface area contributed by atoms with Crippen molar-refractivity contribution in [2.45, 2.75) is 44.2 Å². The molecule has 1 heterocycles. The van der Waals surface area contributed by atoms with Gasteiger partial charge in [-0.05, 0) is 68.5 Å². The molecule has 6 nitrogen and oxygen atoms in total. The van der Waals surface area contributed by atoms with Gasteiger partial charge in [-0.15, -0.1) is 0 Å². The SMILES string of the molecule is O=C(NOc1ccc(CCNC2CCCC(O)C2)cc1)c1cccnc1. The Hall–Kier alpha value is -2.44. The monoisotopic (exact) mass is 355 g/mol. The van der Waals surface area contributed by atoms with E-state index in [9.17, 15) is 9.90 Å². The molecule has 0 radical (unpaired) electrons. The molecule has 138 valence electrons. The number of amides is 1. The Morgan fingerprint density at radius 1 is 1.23 bits per heavy atom. The molecule has 1 saturated carbocycles. The van der Waals surface area contributed by atoms with Gasteiger partial charge in [0.05, 0.1) is 11.7 Å². The Bertz CT molecular complexity index is 691. The van der Waals surface area contributed by atoms with Gasteiger partial charge < -0.3 is 15.3 Å². The van der Waals surface area contributed by atoms with Crippen LogP contribution < -0.4 is 15.6 Å². The molecule has 0 bridgehead atoms. The van der Waals surface area contributed by atoms with Crippen LogP contribution in [-0.2, 0) is 6.42 Å². The second kappa shape index (κ2) is 9.31. The molecule has 26 heavy (non-hydrogen) atoms. The van der Waals surface area contributed by atoms with Crippen LogP contribution in [0.3, 0.4) is 0 Å². The predicted octanol–water partition coefficient (Wildman–Crippen LogP) is 2.24. The van der Waals surface area contributed by atoms with Crippen molar-refractivity contribution in [2.75, 3.05) is 6.54 Å². The summed E-state index contributed by atoms with van der Waals surface area (Å²) in [4.78, 5) is 21.1. The molecular weight excluding hydrogens is 330 g/mol. The summed E-state index contributed by atoms with van der Waals surface area (Å²) in [6.45, 7) is 0.884. The summed E-state index contributed by atoms with van der Waals surface area (Å²) < 4.78 is 0. The number of pyridine rings is 1. The van der Waals surface area contributed by atoms with Crippen LogP contribution in [0.1, 0.15) is 41.6 Å². The third-order valence-corrected chi connectivity index (χ3v) is 4.60. The molecule has 0 aliphatic heterocycles. The number of carbonyl (C=O) groups is 1. The summed E-state index contributed by atoms with van der Waals surface area (Å²) in [6.07, 6.45) is 7.87. The van der Waals surface area contributed by atoms with Gasteiger partial charge in [0.2, 0.25) is 0 Å². The maximum atomic E-state index is 11.9. The molecule has 1 aromatic heterocycles. The zero-order chi connectivity index (χ0) is 18.2. The molecule has 1 aliphatic rings. The summed E-state index contributed by atoms with van der Waals surface area (Å²) in [5, 5.41) is 13.2. The lowest BCUT2D eigenvalue weighted by Crippen LogP contribution is -2.37. The van der Waals surface area contributed by atoms with Crippen molar-refractivity contribution in [3.8, 4) is 5.75 Å². The van der Waals surface area contributed by atoms with E-state index >= 15 is 0 Å². The quantitative estimate of drug-likeness (QED) is 0.664. The number of hydrogen-bond acceptors (Lipinski definition) is 5. The van der Waals surface area contributed by atoms with Crippen LogP contribution in [0.5, 0.6) is 5.75 Å². The number of aliphatic hydroxyl groups excluding tert-OH is 1. The normalized spacial score (nSPS) is 19.7. The molecule has 1 aliphatic carbocycles. The lowest BCUT2D eigenvalue weighted by Gasteiger charge is -2.26. The first-order valence-corrected chi connectivity index (χ1v) is 9.08. The fourth-order valence-electron chi connectivity index (χ4n) is 3.16. The Kier molecular flexibility index (Phi) is 6.57. The molecule has 1 aromatic carbocycles. The first kappa shape index (κ1) is 18.4. The highest BCUT2D eigenvalue weighted by Crippen LogP contribution is 2.18. The van der Waals surface area contributed by atoms with E-state index in [2.05, 4.69) is 15.8 Å². The Balaban J connectivity index is 1.40. The predicted molar refractivity (Wildman–Crippen MR) is 98.7 cm³/mol. The molecule has 2 aromatic rings. The Morgan fingerprint density at radius 2 is 2.08 bits per heavy atom. The summed E-state index contributed by atoms with van der Waals surface area (Å²) in [5.74, 6) is 0.246. The average molecular weight is 355 g/mol. The number of hydrogen-bond donors (Lipinski definition) is 3. The van der Waals surface area contributed by atoms with Crippen molar-refractivity contribution in [3.05, 3.63) is 59.9 Å². The zero-order valence-electron chi connectivity index (χ0n) is 14.7. The number of nitrogens with zero attached hydrogens (tertiary/aromatic N) is 1. The summed E-state index contributed by atoms with van der Waals surface area (Å²) in [7, 11) is 0. The van der Waals surface area contributed by atoms with E-state index in [1.165, 1.54) is 11.8 Å². The van der Waals surface area contributed by atoms with Crippen LogP contribution in [0.25, 0.3) is 0 Å². The fraction of sp³-hybridized carbons (Fsp3) is 0.400. The molecular formula is C20H25N3O3. The highest BCUT2D eigenvalue weighted by molar-refractivity contribution is 5.93. The number of carbonyl (C=O) groups excluding carboxylic acids is 1. The Morgan fingerprint density at radius 3 is 2.81 bits per heavy atom. The molecule has 1 amide bonds. The average Bonchev–Trinajstić information content (AvgIpc) is 2.68. The van der Waals surface area contributed by atoms with Crippen LogP contribution in [0.2, 0.25) is 0 Å². The zero-order valence-corrected chi connectivity index (χ0v) is 14.7. The molecule has 0 spiro atoms. The number of aliphatic hydroxyl groups is 1. The number of aromatic nitrogens is 1. The Labute approximate surface area is 153 Å². The topological polar surface area (TPSA) is 83.5 Å². The van der Waals surface area contributed by atoms with Crippen molar-refractivity contribution in [1.29, 1.82) is 0 Å². The molecule has 3 N–H and O–H groups in total. The number of rotatable bonds is 7. The standard InChI is InChI=1S/C20H25N3O3/c24-18-5-1-4-17(13-18)22-12-10-15-6-8-19(9-7-15)26-23-20(25)16-3-2-11-21-14-16/h2-3,6-9,11,14,17-18,22,24H,1,4-5,10,12-13H2,(H,23,25). The summed E-state index contributed by atoms with van der Waals surface area (Å²) in [6, 6.07) is 11.4. The van der Waals surface area contributed by atoms with Crippen molar-refractivity contribution in [2.24, 2.45) is 0 Å². The van der Waals surface area contributed by atoms with Crippen LogP contribution >= 0.6 is 0 Å². The first-order valence-electron chi connectivity index (χ1n) is 9.08. The first-order chi connectivity index (χ1) is 12.7. The van der Waals surface area contributed by atoms with Crippen molar-refractivity contribution in [1.82, 2.24) is 15.8 Å². The molecule has 1 fully saturated rings. The van der Waals surface area contributed by atoms with E-state index in [1.807, 2.05) is 24.3 Å². The van der Waals surface area contributed by atoms with E-state index in [1.54, 1.807) is 18.3 Å². The second-order valence-electron chi connectivity index (χ2n) is 6.64. The van der Waals surface area contributed by atoms with Crippen molar-refractivity contribution < 1.29 is 14.7 Å².